The first kappa shape index (κ1) is 26.6. The van der Waals surface area contributed by atoms with E-state index in [4.69, 9.17) is 0 Å². The molecule has 2 heteroatoms. The van der Waals surface area contributed by atoms with Crippen LogP contribution in [0.3, 0.4) is 0 Å². The topological polar surface area (TPSA) is 4.93 Å². The van der Waals surface area contributed by atoms with Gasteiger partial charge >= 0.3 is 198 Å². The molecule has 0 amide bonds. The Morgan fingerprint density at radius 3 is 1.93 bits per heavy atom. The van der Waals surface area contributed by atoms with E-state index in [1.807, 2.05) is 0 Å². The Balaban J connectivity index is 1.26. The summed E-state index contributed by atoms with van der Waals surface area (Å²) in [5, 5.41) is 7.72. The Hall–Kier alpha value is -4.79. The van der Waals surface area contributed by atoms with Crippen molar-refractivity contribution in [2.45, 2.75) is 3.67 Å². The molecule has 0 spiro atoms. The van der Waals surface area contributed by atoms with Crippen LogP contribution < -0.4 is 0 Å². The summed E-state index contributed by atoms with van der Waals surface area (Å²) in [7, 11) is 0. The number of rotatable bonds is 4. The fourth-order valence-corrected chi connectivity index (χ4v) is 10.6. The zero-order valence-corrected chi connectivity index (χ0v) is 28.1. The summed E-state index contributed by atoms with van der Waals surface area (Å²) in [6, 6.07) is 53.9. The van der Waals surface area contributed by atoms with E-state index in [2.05, 4.69) is 172 Å². The molecule has 1 aliphatic heterocycles. The third-order valence-electron chi connectivity index (χ3n) is 9.35. The number of hydrogen-bond acceptors (Lipinski definition) is 0. The van der Waals surface area contributed by atoms with E-state index < -0.39 is 22.9 Å². The van der Waals surface area contributed by atoms with Gasteiger partial charge < -0.3 is 0 Å². The van der Waals surface area contributed by atoms with Crippen LogP contribution >= 0.6 is 0 Å². The second kappa shape index (κ2) is 11.0. The van der Waals surface area contributed by atoms with Gasteiger partial charge in [-0.2, -0.15) is 0 Å². The third-order valence-corrected chi connectivity index (χ3v) is 13.5. The van der Waals surface area contributed by atoms with E-state index in [0.717, 1.165) is 0 Å². The Kier molecular flexibility index (Phi) is 6.49. The summed E-state index contributed by atoms with van der Waals surface area (Å²) >= 11 is -0.821. The van der Waals surface area contributed by atoms with Crippen LogP contribution in [-0.2, 0) is 0 Å². The van der Waals surface area contributed by atoms with Gasteiger partial charge in [0.1, 0.15) is 0 Å². The van der Waals surface area contributed by atoms with Crippen LogP contribution in [0.5, 0.6) is 0 Å². The molecule has 1 nitrogen and oxygen atoms in total. The van der Waals surface area contributed by atoms with Gasteiger partial charge in [0.15, 0.2) is 0 Å². The van der Waals surface area contributed by atoms with E-state index >= 15 is 0 Å². The Bertz CT molecular complexity index is 2450. The zero-order chi connectivity index (χ0) is 29.7. The van der Waals surface area contributed by atoms with Gasteiger partial charge in [-0.15, -0.1) is 0 Å². The quantitative estimate of drug-likeness (QED) is 0.175. The molecule has 8 aromatic rings. The van der Waals surface area contributed by atoms with Gasteiger partial charge in [-0.1, -0.05) is 60.7 Å². The first-order valence-corrected chi connectivity index (χ1v) is 19.5. The molecule has 1 unspecified atom stereocenters. The van der Waals surface area contributed by atoms with Crippen LogP contribution in [0.25, 0.3) is 71.3 Å². The number of para-hydroxylation sites is 1. The van der Waals surface area contributed by atoms with Crippen LogP contribution in [-0.4, -0.2) is 27.5 Å². The van der Waals surface area contributed by atoms with Gasteiger partial charge in [0, 0.05) is 0 Å². The molecule has 0 saturated carbocycles. The Morgan fingerprint density at radius 1 is 0.489 bits per heavy atom. The molecule has 0 saturated heterocycles. The number of hydrogen-bond donors (Lipinski definition) is 0. The molecule has 1 radical (unpaired) electrons. The molecule has 209 valence electrons. The van der Waals surface area contributed by atoms with Gasteiger partial charge in [0.2, 0.25) is 0 Å². The predicted molar refractivity (Wildman–Crippen MR) is 193 cm³/mol. The first-order chi connectivity index (χ1) is 22.3. The number of nitrogens with zero attached hydrogens (tertiary/aromatic N) is 1. The monoisotopic (exact) mass is 674 g/mol. The maximum absolute atomic E-state index is 2.50. The average molecular weight is 675 g/mol. The molecule has 0 N–H and O–H groups in total. The second-order valence-corrected chi connectivity index (χ2v) is 16.2. The molecule has 45 heavy (non-hydrogen) atoms. The third kappa shape index (κ3) is 4.47. The second-order valence-electron chi connectivity index (χ2n) is 11.9. The van der Waals surface area contributed by atoms with Crippen molar-refractivity contribution >= 4 is 66.3 Å². The molecular weight excluding hydrogens is 645 g/mol. The molecule has 0 bridgehead atoms. The van der Waals surface area contributed by atoms with Crippen molar-refractivity contribution in [2.75, 3.05) is 0 Å². The molecule has 9 rings (SSSR count). The van der Waals surface area contributed by atoms with Crippen molar-refractivity contribution in [3.05, 3.63) is 173 Å². The minimum absolute atomic E-state index is 0.597. The van der Waals surface area contributed by atoms with Crippen molar-refractivity contribution in [3.63, 3.8) is 0 Å². The van der Waals surface area contributed by atoms with Gasteiger partial charge in [0.05, 0.1) is 0 Å². The number of allylic oxidation sites excluding steroid dienone is 3. The Labute approximate surface area is 274 Å². The predicted octanol–water partition coefficient (Wildman–Crippen LogP) is 11.3. The standard InChI is InChI=1S/C43H29N.In/c1-2-3-6-13-30-20-23-40-41-25-22-33-29-32(21-24-37(33)43(41)44(42(40)28-30)34-16-9-5-10-17-34)36-27-26-35(31-14-7-4-8-15-31)38-18-11-12-19-39(36)38;/h1-29H;. The normalized spacial score (nSPS) is 14.4. The Morgan fingerprint density at radius 2 is 1.18 bits per heavy atom. The van der Waals surface area contributed by atoms with Crippen LogP contribution in [0.1, 0.15) is 9.24 Å². The van der Waals surface area contributed by atoms with Crippen LogP contribution in [0.15, 0.2) is 168 Å². The van der Waals surface area contributed by atoms with Crippen LogP contribution in [0.2, 0.25) is 0 Å². The van der Waals surface area contributed by atoms with Gasteiger partial charge in [-0.3, -0.25) is 0 Å². The van der Waals surface area contributed by atoms with Crippen LogP contribution in [0.4, 0.5) is 0 Å². The summed E-state index contributed by atoms with van der Waals surface area (Å²) in [6.07, 6.45) is 6.86. The molecule has 1 aromatic heterocycles. The number of aromatic nitrogens is 1. The summed E-state index contributed by atoms with van der Waals surface area (Å²) in [5.74, 6) is 0. The van der Waals surface area contributed by atoms with E-state index in [9.17, 15) is 0 Å². The zero-order valence-electron chi connectivity index (χ0n) is 24.8. The fourth-order valence-electron chi connectivity index (χ4n) is 7.21. The van der Waals surface area contributed by atoms with Gasteiger partial charge in [-0.25, -0.2) is 0 Å². The fraction of sp³-hybridized carbons (Fsp3) is 0.0233. The SMILES string of the molecule is C1=[CH][In][CH](c2ccc3c4ccc5cc(-c6ccc(-c7ccccc7)c7ccccc67)ccc5c4n(-c4ccccc4)c3c2)C=C1. The molecule has 0 fully saturated rings. The molecule has 1 atom stereocenters. The van der Waals surface area contributed by atoms with Crippen molar-refractivity contribution < 1.29 is 0 Å². The summed E-state index contributed by atoms with van der Waals surface area (Å²) < 4.78 is 5.55. The number of benzene rings is 7. The molecule has 1 aliphatic rings. The molecule has 7 aromatic carbocycles. The minimum atomic E-state index is -0.821. The summed E-state index contributed by atoms with van der Waals surface area (Å²) in [5.41, 5.74) is 10.2. The average Bonchev–Trinajstić information content (AvgIpc) is 3.46. The van der Waals surface area contributed by atoms with E-state index in [1.165, 1.54) is 76.9 Å². The number of fused-ring (bicyclic) bond motifs is 6. The van der Waals surface area contributed by atoms with Crippen molar-refractivity contribution in [1.82, 2.24) is 4.57 Å². The summed E-state index contributed by atoms with van der Waals surface area (Å²) in [6.45, 7) is 0. The van der Waals surface area contributed by atoms with E-state index in [0.29, 0.717) is 3.67 Å². The molecule has 0 aliphatic carbocycles. The van der Waals surface area contributed by atoms with Crippen molar-refractivity contribution in [1.29, 1.82) is 0 Å². The molecular formula is C43H29InN. The van der Waals surface area contributed by atoms with Gasteiger partial charge in [-0.05, 0) is 16.5 Å². The first-order valence-electron chi connectivity index (χ1n) is 15.7. The van der Waals surface area contributed by atoms with Crippen LogP contribution in [0, 0.1) is 0 Å². The van der Waals surface area contributed by atoms with Crippen molar-refractivity contribution in [2.24, 2.45) is 0 Å². The van der Waals surface area contributed by atoms with Crippen molar-refractivity contribution in [3.8, 4) is 27.9 Å². The van der Waals surface area contributed by atoms with E-state index in [-0.39, 0.29) is 0 Å². The molecule has 2 heterocycles. The summed E-state index contributed by atoms with van der Waals surface area (Å²) in [4.78, 5) is 0. The maximum atomic E-state index is 2.50. The van der Waals surface area contributed by atoms with Gasteiger partial charge in [0.25, 0.3) is 0 Å². The van der Waals surface area contributed by atoms with E-state index in [1.54, 1.807) is 0 Å².